The topological polar surface area (TPSA) is 42.4 Å². The van der Waals surface area contributed by atoms with Crippen LogP contribution in [0.3, 0.4) is 0 Å². The average Bonchev–Trinajstić information content (AvgIpc) is 3.06. The van der Waals surface area contributed by atoms with Gasteiger partial charge < -0.3 is 13.7 Å². The van der Waals surface area contributed by atoms with Crippen molar-refractivity contribution in [2.75, 3.05) is 18.0 Å². The van der Waals surface area contributed by atoms with Crippen LogP contribution in [0.15, 0.2) is 57.4 Å². The number of fused-ring (bicyclic) bond motifs is 2. The molecule has 0 spiro atoms. The molecule has 0 aliphatic rings. The van der Waals surface area contributed by atoms with E-state index in [1.165, 1.54) is 0 Å². The molecule has 2 heterocycles. The molecular weight excluding hydrogens is 332 g/mol. The molecule has 0 aliphatic carbocycles. The highest BCUT2D eigenvalue weighted by atomic mass is 32.1. The highest BCUT2D eigenvalue weighted by Crippen LogP contribution is 2.30. The van der Waals surface area contributed by atoms with Gasteiger partial charge in [-0.3, -0.25) is 0 Å². The quantitative estimate of drug-likeness (QED) is 0.434. The van der Waals surface area contributed by atoms with Crippen LogP contribution in [0.2, 0.25) is 0 Å². The van der Waals surface area contributed by atoms with E-state index >= 15 is 0 Å². The highest BCUT2D eigenvalue weighted by molar-refractivity contribution is 7.71. The van der Waals surface area contributed by atoms with E-state index in [0.717, 1.165) is 40.8 Å². The van der Waals surface area contributed by atoms with Crippen LogP contribution in [0.5, 0.6) is 0 Å². The molecule has 25 heavy (non-hydrogen) atoms. The van der Waals surface area contributed by atoms with E-state index in [1.54, 1.807) is 0 Å². The van der Waals surface area contributed by atoms with Crippen molar-refractivity contribution in [2.24, 2.45) is 0 Å². The lowest BCUT2D eigenvalue weighted by Crippen LogP contribution is -2.21. The molecule has 2 aromatic carbocycles. The molecule has 2 aromatic heterocycles. The fourth-order valence-electron chi connectivity index (χ4n) is 3.02. The van der Waals surface area contributed by atoms with E-state index in [0.29, 0.717) is 16.2 Å². The fourth-order valence-corrected chi connectivity index (χ4v) is 3.26. The zero-order valence-electron chi connectivity index (χ0n) is 14.2. The molecule has 4 nitrogen and oxygen atoms in total. The molecule has 0 bridgehead atoms. The third-order valence-corrected chi connectivity index (χ3v) is 4.68. The van der Waals surface area contributed by atoms with Crippen molar-refractivity contribution in [1.82, 2.24) is 4.98 Å². The molecule has 5 heteroatoms. The molecule has 0 aliphatic heterocycles. The van der Waals surface area contributed by atoms with Gasteiger partial charge in [-0.05, 0) is 56.4 Å². The second-order valence-electron chi connectivity index (χ2n) is 5.83. The maximum atomic E-state index is 5.91. The molecule has 0 amide bonds. The van der Waals surface area contributed by atoms with Crippen molar-refractivity contribution < 1.29 is 8.83 Å². The molecule has 126 valence electrons. The normalized spacial score (nSPS) is 11.3. The Labute approximate surface area is 150 Å². The molecule has 0 saturated heterocycles. The second-order valence-corrected chi connectivity index (χ2v) is 6.20. The summed E-state index contributed by atoms with van der Waals surface area (Å²) in [5.74, 6) is 0.490. The number of oxazole rings is 1. The van der Waals surface area contributed by atoms with Crippen molar-refractivity contribution in [1.29, 1.82) is 0 Å². The molecule has 0 radical (unpaired) electrons. The van der Waals surface area contributed by atoms with Gasteiger partial charge in [0.25, 0.3) is 0 Å². The van der Waals surface area contributed by atoms with E-state index < -0.39 is 0 Å². The van der Waals surface area contributed by atoms with E-state index in [4.69, 9.17) is 21.1 Å². The van der Waals surface area contributed by atoms with Gasteiger partial charge in [0, 0.05) is 30.2 Å². The van der Waals surface area contributed by atoms with Crippen LogP contribution in [0.1, 0.15) is 13.8 Å². The maximum Gasteiger partial charge on any atom is 0.232 e. The first-order valence-electron chi connectivity index (χ1n) is 8.38. The summed E-state index contributed by atoms with van der Waals surface area (Å²) in [5.41, 5.74) is 4.15. The first-order chi connectivity index (χ1) is 12.2. The summed E-state index contributed by atoms with van der Waals surface area (Å²) in [6.07, 6.45) is 0. The Balaban J connectivity index is 1.84. The van der Waals surface area contributed by atoms with Crippen LogP contribution in [0.25, 0.3) is 33.5 Å². The number of hydrogen-bond donors (Lipinski definition) is 0. The zero-order valence-corrected chi connectivity index (χ0v) is 15.0. The van der Waals surface area contributed by atoms with E-state index in [2.05, 4.69) is 29.8 Å². The second kappa shape index (κ2) is 6.33. The predicted molar refractivity (Wildman–Crippen MR) is 104 cm³/mol. The summed E-state index contributed by atoms with van der Waals surface area (Å²) in [7, 11) is 0. The molecule has 4 rings (SSSR count). The third kappa shape index (κ3) is 2.81. The minimum atomic E-state index is 0.385. The molecule has 0 atom stereocenters. The van der Waals surface area contributed by atoms with Gasteiger partial charge in [0.15, 0.2) is 5.58 Å². The van der Waals surface area contributed by atoms with Crippen molar-refractivity contribution in [3.63, 3.8) is 0 Å². The standard InChI is InChI=1S/C20H18N2O2S/c1-3-22(4-2)14-10-9-13-11-15(20(25)24-18(13)12-14)19-21-16-7-5-6-8-17(16)23-19/h5-12H,3-4H2,1-2H3. The number of nitrogens with zero attached hydrogens (tertiary/aromatic N) is 2. The largest absolute Gasteiger partial charge is 0.444 e. The SMILES string of the molecule is CCN(CC)c1ccc2cc(-c3nc4ccccc4o3)c(=S)oc2c1. The number of rotatable bonds is 4. The zero-order chi connectivity index (χ0) is 17.4. The minimum absolute atomic E-state index is 0.385. The van der Waals surface area contributed by atoms with Crippen molar-refractivity contribution in [2.45, 2.75) is 13.8 Å². The van der Waals surface area contributed by atoms with Crippen LogP contribution >= 0.6 is 12.2 Å². The van der Waals surface area contributed by atoms with E-state index in [9.17, 15) is 0 Å². The molecule has 0 N–H and O–H groups in total. The number of benzene rings is 2. The van der Waals surface area contributed by atoms with Gasteiger partial charge in [-0.25, -0.2) is 4.98 Å². The summed E-state index contributed by atoms with van der Waals surface area (Å²) in [6, 6.07) is 15.8. The van der Waals surface area contributed by atoms with E-state index in [-0.39, 0.29) is 0 Å². The summed E-state index contributed by atoms with van der Waals surface area (Å²) >= 11 is 5.45. The van der Waals surface area contributed by atoms with Crippen molar-refractivity contribution in [3.05, 3.63) is 53.2 Å². The number of aromatic nitrogens is 1. The lowest BCUT2D eigenvalue weighted by molar-refractivity contribution is 0.575. The van der Waals surface area contributed by atoms with Gasteiger partial charge >= 0.3 is 0 Å². The first-order valence-corrected chi connectivity index (χ1v) is 8.79. The van der Waals surface area contributed by atoms with Gasteiger partial charge in [0.2, 0.25) is 10.6 Å². The van der Waals surface area contributed by atoms with Crippen LogP contribution in [-0.4, -0.2) is 18.1 Å². The maximum absolute atomic E-state index is 5.91. The Kier molecular flexibility index (Phi) is 4.01. The Morgan fingerprint density at radius 2 is 1.76 bits per heavy atom. The summed E-state index contributed by atoms with van der Waals surface area (Å²) < 4.78 is 12.1. The molecular formula is C20H18N2O2S. The number of hydrogen-bond acceptors (Lipinski definition) is 5. The van der Waals surface area contributed by atoms with Crippen LogP contribution < -0.4 is 4.90 Å². The lowest BCUT2D eigenvalue weighted by atomic mass is 10.1. The van der Waals surface area contributed by atoms with Crippen LogP contribution in [-0.2, 0) is 0 Å². The van der Waals surface area contributed by atoms with Gasteiger partial charge in [0.05, 0.1) is 5.56 Å². The molecule has 4 aromatic rings. The lowest BCUT2D eigenvalue weighted by Gasteiger charge is -2.21. The minimum Gasteiger partial charge on any atom is -0.444 e. The van der Waals surface area contributed by atoms with Gasteiger partial charge in [-0.2, -0.15) is 0 Å². The van der Waals surface area contributed by atoms with E-state index in [1.807, 2.05) is 42.5 Å². The van der Waals surface area contributed by atoms with Crippen molar-refractivity contribution in [3.8, 4) is 11.5 Å². The Morgan fingerprint density at radius 3 is 2.52 bits per heavy atom. The molecule has 0 fully saturated rings. The summed E-state index contributed by atoms with van der Waals surface area (Å²) in [4.78, 5) is 6.79. The third-order valence-electron chi connectivity index (χ3n) is 4.37. The van der Waals surface area contributed by atoms with Gasteiger partial charge in [0.1, 0.15) is 11.1 Å². The Bertz CT molecular complexity index is 1080. The molecule has 0 unspecified atom stereocenters. The smallest absolute Gasteiger partial charge is 0.232 e. The Hall–Kier alpha value is -2.66. The first kappa shape index (κ1) is 15.8. The van der Waals surface area contributed by atoms with Gasteiger partial charge in [-0.1, -0.05) is 12.1 Å². The fraction of sp³-hybridized carbons (Fsp3) is 0.200. The monoisotopic (exact) mass is 350 g/mol. The van der Waals surface area contributed by atoms with Crippen LogP contribution in [0, 0.1) is 4.71 Å². The van der Waals surface area contributed by atoms with Crippen LogP contribution in [0.4, 0.5) is 5.69 Å². The Morgan fingerprint density at radius 1 is 0.960 bits per heavy atom. The number of para-hydroxylation sites is 2. The molecule has 0 saturated carbocycles. The van der Waals surface area contributed by atoms with Crippen molar-refractivity contribution >= 4 is 40.0 Å². The summed E-state index contributed by atoms with van der Waals surface area (Å²) in [6.45, 7) is 6.17. The highest BCUT2D eigenvalue weighted by Gasteiger charge is 2.13. The average molecular weight is 350 g/mol. The summed E-state index contributed by atoms with van der Waals surface area (Å²) in [5, 5.41) is 0.974. The van der Waals surface area contributed by atoms with Gasteiger partial charge in [-0.15, -0.1) is 0 Å². The predicted octanol–water partition coefficient (Wildman–Crippen LogP) is 5.82. The number of anilines is 1.